The lowest BCUT2D eigenvalue weighted by molar-refractivity contribution is -0.0108. The third-order valence-corrected chi connectivity index (χ3v) is 3.55. The van der Waals surface area contributed by atoms with Gasteiger partial charge < -0.3 is 4.74 Å². The van der Waals surface area contributed by atoms with Crippen molar-refractivity contribution in [1.29, 1.82) is 0 Å². The molecular formula is C14H22N2O. The van der Waals surface area contributed by atoms with E-state index in [0.717, 1.165) is 0 Å². The molecule has 0 saturated heterocycles. The van der Waals surface area contributed by atoms with Gasteiger partial charge in [0.1, 0.15) is 6.73 Å². The summed E-state index contributed by atoms with van der Waals surface area (Å²) in [5.74, 6) is 5.95. The van der Waals surface area contributed by atoms with Crippen molar-refractivity contribution >= 4 is 0 Å². The summed E-state index contributed by atoms with van der Waals surface area (Å²) in [7, 11) is 0. The molecule has 0 bridgehead atoms. The molecule has 1 unspecified atom stereocenters. The van der Waals surface area contributed by atoms with E-state index < -0.39 is 0 Å². The van der Waals surface area contributed by atoms with Crippen molar-refractivity contribution in [1.82, 2.24) is 5.43 Å². The molecule has 3 heteroatoms. The number of nitrogens with two attached hydrogens (primary N) is 1. The number of nitrogens with one attached hydrogen (secondary N) is 1. The number of benzene rings is 1. The second kappa shape index (κ2) is 6.74. The van der Waals surface area contributed by atoms with Crippen LogP contribution in [0.5, 0.6) is 0 Å². The molecule has 0 spiro atoms. The highest BCUT2D eigenvalue weighted by molar-refractivity contribution is 5.18. The SMILES string of the molecule is NNCOC(c1ccccc1)C1CCCCC1. The second-order valence-corrected chi connectivity index (χ2v) is 4.74. The lowest BCUT2D eigenvalue weighted by Gasteiger charge is -2.30. The van der Waals surface area contributed by atoms with Crippen molar-refractivity contribution < 1.29 is 4.74 Å². The van der Waals surface area contributed by atoms with E-state index in [-0.39, 0.29) is 6.10 Å². The lowest BCUT2D eigenvalue weighted by Crippen LogP contribution is -2.29. The first-order valence-corrected chi connectivity index (χ1v) is 6.52. The zero-order valence-corrected chi connectivity index (χ0v) is 10.3. The molecule has 94 valence electrons. The van der Waals surface area contributed by atoms with Crippen molar-refractivity contribution in [2.24, 2.45) is 11.8 Å². The zero-order chi connectivity index (χ0) is 11.9. The van der Waals surface area contributed by atoms with Gasteiger partial charge in [-0.25, -0.2) is 5.43 Å². The van der Waals surface area contributed by atoms with Crippen LogP contribution in [0.15, 0.2) is 30.3 Å². The fraction of sp³-hybridized carbons (Fsp3) is 0.571. The minimum absolute atomic E-state index is 0.188. The van der Waals surface area contributed by atoms with Gasteiger partial charge in [0.2, 0.25) is 0 Å². The molecular weight excluding hydrogens is 212 g/mol. The molecule has 0 aliphatic heterocycles. The van der Waals surface area contributed by atoms with Crippen molar-refractivity contribution in [3.8, 4) is 0 Å². The summed E-state index contributed by atoms with van der Waals surface area (Å²) in [4.78, 5) is 0. The normalized spacial score (nSPS) is 19.1. The van der Waals surface area contributed by atoms with Crippen LogP contribution < -0.4 is 11.3 Å². The van der Waals surface area contributed by atoms with Crippen LogP contribution in [0.1, 0.15) is 43.8 Å². The third-order valence-electron chi connectivity index (χ3n) is 3.55. The van der Waals surface area contributed by atoms with Gasteiger partial charge in [0, 0.05) is 0 Å². The van der Waals surface area contributed by atoms with Gasteiger partial charge in [-0.15, -0.1) is 0 Å². The van der Waals surface area contributed by atoms with Gasteiger partial charge in [-0.1, -0.05) is 49.6 Å². The van der Waals surface area contributed by atoms with Gasteiger partial charge in [0.05, 0.1) is 6.10 Å². The molecule has 1 aliphatic carbocycles. The van der Waals surface area contributed by atoms with E-state index in [1.807, 2.05) is 6.07 Å². The smallest absolute Gasteiger partial charge is 0.109 e. The number of hydrazine groups is 1. The molecule has 1 aliphatic rings. The maximum atomic E-state index is 5.88. The molecule has 1 aromatic rings. The van der Waals surface area contributed by atoms with Crippen molar-refractivity contribution in [2.45, 2.75) is 38.2 Å². The van der Waals surface area contributed by atoms with E-state index in [4.69, 9.17) is 10.6 Å². The van der Waals surface area contributed by atoms with Crippen LogP contribution in [-0.2, 0) is 4.74 Å². The van der Waals surface area contributed by atoms with Crippen LogP contribution in [0, 0.1) is 5.92 Å². The number of hydrogen-bond acceptors (Lipinski definition) is 3. The maximum Gasteiger partial charge on any atom is 0.109 e. The molecule has 0 aromatic heterocycles. The molecule has 0 heterocycles. The van der Waals surface area contributed by atoms with E-state index in [2.05, 4.69) is 29.7 Å². The highest BCUT2D eigenvalue weighted by Crippen LogP contribution is 2.36. The zero-order valence-electron chi connectivity index (χ0n) is 10.3. The quantitative estimate of drug-likeness (QED) is 0.468. The molecule has 1 aromatic carbocycles. The molecule has 3 N–H and O–H groups in total. The Labute approximate surface area is 103 Å². The largest absolute Gasteiger partial charge is 0.357 e. The molecule has 17 heavy (non-hydrogen) atoms. The minimum atomic E-state index is 0.188. The van der Waals surface area contributed by atoms with Gasteiger partial charge in [0.25, 0.3) is 0 Å². The van der Waals surface area contributed by atoms with Gasteiger partial charge in [0.15, 0.2) is 0 Å². The summed E-state index contributed by atoms with van der Waals surface area (Å²) in [6, 6.07) is 10.5. The van der Waals surface area contributed by atoms with Gasteiger partial charge in [-0.3, -0.25) is 5.84 Å². The first-order valence-electron chi connectivity index (χ1n) is 6.52. The standard InChI is InChI=1S/C14H22N2O/c15-16-11-17-14(12-7-3-1-4-8-12)13-9-5-2-6-10-13/h1,3-4,7-8,13-14,16H,2,5-6,9-11,15H2. The van der Waals surface area contributed by atoms with Crippen molar-refractivity contribution in [2.75, 3.05) is 6.73 Å². The predicted molar refractivity (Wildman–Crippen MR) is 69.0 cm³/mol. The molecule has 1 atom stereocenters. The van der Waals surface area contributed by atoms with Crippen LogP contribution in [0.25, 0.3) is 0 Å². The highest BCUT2D eigenvalue weighted by Gasteiger charge is 2.25. The maximum absolute atomic E-state index is 5.88. The second-order valence-electron chi connectivity index (χ2n) is 4.74. The summed E-state index contributed by atoms with van der Waals surface area (Å²) in [5.41, 5.74) is 3.86. The van der Waals surface area contributed by atoms with E-state index >= 15 is 0 Å². The Morgan fingerprint density at radius 2 is 1.88 bits per heavy atom. The van der Waals surface area contributed by atoms with Crippen molar-refractivity contribution in [3.63, 3.8) is 0 Å². The molecule has 1 saturated carbocycles. The van der Waals surface area contributed by atoms with Gasteiger partial charge in [-0.05, 0) is 24.3 Å². The van der Waals surface area contributed by atoms with E-state index in [1.165, 1.54) is 37.7 Å². The Morgan fingerprint density at radius 1 is 1.18 bits per heavy atom. The van der Waals surface area contributed by atoms with Crippen LogP contribution in [0.2, 0.25) is 0 Å². The average molecular weight is 234 g/mol. The molecule has 2 rings (SSSR count). The Morgan fingerprint density at radius 3 is 2.53 bits per heavy atom. The van der Waals surface area contributed by atoms with E-state index in [0.29, 0.717) is 12.6 Å². The highest BCUT2D eigenvalue weighted by atomic mass is 16.5. The summed E-state index contributed by atoms with van der Waals surface area (Å²) in [6.07, 6.45) is 6.75. The lowest BCUT2D eigenvalue weighted by atomic mass is 9.82. The molecule has 3 nitrogen and oxygen atoms in total. The first kappa shape index (κ1) is 12.6. The van der Waals surface area contributed by atoms with Crippen LogP contribution in [0.4, 0.5) is 0 Å². The first-order chi connectivity index (χ1) is 8.42. The topological polar surface area (TPSA) is 47.3 Å². The monoisotopic (exact) mass is 234 g/mol. The van der Waals surface area contributed by atoms with E-state index in [9.17, 15) is 0 Å². The van der Waals surface area contributed by atoms with Crippen LogP contribution in [-0.4, -0.2) is 6.73 Å². The van der Waals surface area contributed by atoms with E-state index in [1.54, 1.807) is 0 Å². The molecule has 1 fully saturated rings. The Bertz CT molecular complexity index is 309. The third kappa shape index (κ3) is 3.53. The number of hydrogen-bond donors (Lipinski definition) is 2. The summed E-state index contributed by atoms with van der Waals surface area (Å²) in [5, 5.41) is 0. The summed E-state index contributed by atoms with van der Waals surface area (Å²) >= 11 is 0. The number of rotatable bonds is 5. The Hall–Kier alpha value is -0.900. The fourth-order valence-corrected chi connectivity index (χ4v) is 2.72. The molecule has 0 radical (unpaired) electrons. The Balaban J connectivity index is 2.06. The summed E-state index contributed by atoms with van der Waals surface area (Å²) in [6.45, 7) is 0.413. The predicted octanol–water partition coefficient (Wildman–Crippen LogP) is 2.75. The van der Waals surface area contributed by atoms with Gasteiger partial charge in [-0.2, -0.15) is 0 Å². The fourth-order valence-electron chi connectivity index (χ4n) is 2.72. The van der Waals surface area contributed by atoms with Gasteiger partial charge >= 0.3 is 0 Å². The van der Waals surface area contributed by atoms with Crippen molar-refractivity contribution in [3.05, 3.63) is 35.9 Å². The number of ether oxygens (including phenoxy) is 1. The minimum Gasteiger partial charge on any atom is -0.357 e. The Kier molecular flexibility index (Phi) is 4.98. The average Bonchev–Trinajstić information content (AvgIpc) is 2.42. The van der Waals surface area contributed by atoms with Crippen LogP contribution in [0.3, 0.4) is 0 Å². The summed E-state index contributed by atoms with van der Waals surface area (Å²) < 4.78 is 5.88. The molecule has 0 amide bonds. The van der Waals surface area contributed by atoms with Crippen LogP contribution >= 0.6 is 0 Å².